The second kappa shape index (κ2) is 9.48. The lowest BCUT2D eigenvalue weighted by Gasteiger charge is -2.02. The number of thiophene rings is 1. The van der Waals surface area contributed by atoms with Crippen LogP contribution in [0.4, 0.5) is 9.93 Å². The van der Waals surface area contributed by atoms with Crippen molar-refractivity contribution in [2.45, 2.75) is 17.7 Å². The summed E-state index contributed by atoms with van der Waals surface area (Å²) in [7, 11) is 0. The van der Waals surface area contributed by atoms with E-state index in [0.717, 1.165) is 18.1 Å². The monoisotopic (exact) mass is 372 g/mol. The zero-order valence-electron chi connectivity index (χ0n) is 12.4. The molecule has 0 saturated carbocycles. The van der Waals surface area contributed by atoms with Gasteiger partial charge < -0.3 is 10.1 Å². The molecule has 0 fully saturated rings. The van der Waals surface area contributed by atoms with E-state index in [1.165, 1.54) is 28.0 Å². The van der Waals surface area contributed by atoms with Gasteiger partial charge in [-0.3, -0.25) is 10.1 Å². The summed E-state index contributed by atoms with van der Waals surface area (Å²) in [5, 5.41) is 16.1. The van der Waals surface area contributed by atoms with E-state index in [4.69, 9.17) is 0 Å². The number of alkyl carbamates (subject to hydrolysis) is 1. The van der Waals surface area contributed by atoms with Crippen LogP contribution in [0.25, 0.3) is 0 Å². The highest BCUT2D eigenvalue weighted by atomic mass is 32.2. The number of nitrogens with one attached hydrogen (secondary N) is 2. The van der Waals surface area contributed by atoms with Crippen LogP contribution in [0.5, 0.6) is 0 Å². The number of carbonyl (C=O) groups excluding carboxylic acids is 2. The summed E-state index contributed by atoms with van der Waals surface area (Å²) in [5.41, 5.74) is 0. The van der Waals surface area contributed by atoms with Crippen LogP contribution in [0.1, 0.15) is 11.8 Å². The van der Waals surface area contributed by atoms with Crippen molar-refractivity contribution < 1.29 is 14.3 Å². The van der Waals surface area contributed by atoms with Crippen LogP contribution in [-0.4, -0.2) is 41.1 Å². The van der Waals surface area contributed by atoms with Gasteiger partial charge in [0.1, 0.15) is 0 Å². The molecule has 0 aliphatic rings. The summed E-state index contributed by atoms with van der Waals surface area (Å²) in [5.74, 6) is -0.335. The maximum absolute atomic E-state index is 11.5. The van der Waals surface area contributed by atoms with Gasteiger partial charge in [0.25, 0.3) is 0 Å². The van der Waals surface area contributed by atoms with Crippen LogP contribution < -0.4 is 10.6 Å². The van der Waals surface area contributed by atoms with Crippen molar-refractivity contribution in [2.75, 3.05) is 24.2 Å². The third-order valence-corrected chi connectivity index (χ3v) is 5.43. The minimum Gasteiger partial charge on any atom is -0.450 e. The van der Waals surface area contributed by atoms with E-state index in [9.17, 15) is 9.59 Å². The molecule has 2 aromatic rings. The number of ether oxygens (including phenoxy) is 1. The van der Waals surface area contributed by atoms with Gasteiger partial charge in [0, 0.05) is 11.4 Å². The summed E-state index contributed by atoms with van der Waals surface area (Å²) in [6, 6.07) is 4.12. The number of hydrogen-bond donors (Lipinski definition) is 2. The molecule has 0 aliphatic carbocycles. The van der Waals surface area contributed by atoms with E-state index in [2.05, 4.69) is 37.0 Å². The summed E-state index contributed by atoms with van der Waals surface area (Å²) in [4.78, 5) is 23.9. The van der Waals surface area contributed by atoms with E-state index < -0.39 is 12.0 Å². The Morgan fingerprint density at radius 2 is 2.26 bits per heavy atom. The van der Waals surface area contributed by atoms with Crippen LogP contribution >= 0.6 is 34.4 Å². The van der Waals surface area contributed by atoms with Gasteiger partial charge in [0.05, 0.1) is 12.4 Å². The minimum absolute atomic E-state index is 0.0860. The number of aromatic nitrogens is 2. The third-order valence-electron chi connectivity index (χ3n) is 2.48. The Balaban J connectivity index is 1.67. The van der Waals surface area contributed by atoms with Gasteiger partial charge in [-0.05, 0) is 24.8 Å². The Kier molecular flexibility index (Phi) is 7.30. The fourth-order valence-electron chi connectivity index (χ4n) is 1.53. The lowest BCUT2D eigenvalue weighted by molar-refractivity contribution is -0.117. The molecule has 0 bridgehead atoms. The zero-order chi connectivity index (χ0) is 16.5. The average molecular weight is 372 g/mol. The van der Waals surface area contributed by atoms with Gasteiger partial charge in [-0.1, -0.05) is 29.2 Å². The predicted octanol–water partition coefficient (Wildman–Crippen LogP) is 2.62. The molecule has 2 aromatic heterocycles. The van der Waals surface area contributed by atoms with E-state index in [1.54, 1.807) is 18.3 Å². The first-order chi connectivity index (χ1) is 11.2. The topological polar surface area (TPSA) is 93.2 Å². The van der Waals surface area contributed by atoms with Crippen LogP contribution in [0, 0.1) is 0 Å². The first-order valence-electron chi connectivity index (χ1n) is 6.86. The van der Waals surface area contributed by atoms with E-state index in [1.807, 2.05) is 6.07 Å². The summed E-state index contributed by atoms with van der Waals surface area (Å²) in [6.07, 6.45) is 0.202. The van der Waals surface area contributed by atoms with Crippen molar-refractivity contribution in [3.05, 3.63) is 22.4 Å². The van der Waals surface area contributed by atoms with Crippen molar-refractivity contribution in [1.82, 2.24) is 15.5 Å². The first-order valence-corrected chi connectivity index (χ1v) is 9.54. The van der Waals surface area contributed by atoms with E-state index in [-0.39, 0.29) is 12.4 Å². The number of imide groups is 1. The largest absolute Gasteiger partial charge is 0.450 e. The normalized spacial score (nSPS) is 10.3. The molecule has 10 heteroatoms. The molecule has 0 radical (unpaired) electrons. The van der Waals surface area contributed by atoms with Gasteiger partial charge >= 0.3 is 6.09 Å². The Bertz CT molecular complexity index is 630. The molecular weight excluding hydrogens is 356 g/mol. The average Bonchev–Trinajstić information content (AvgIpc) is 3.17. The van der Waals surface area contributed by atoms with Gasteiger partial charge in [0.15, 0.2) is 4.34 Å². The van der Waals surface area contributed by atoms with Gasteiger partial charge in [-0.2, -0.15) is 0 Å². The highest BCUT2D eigenvalue weighted by molar-refractivity contribution is 8.01. The fourth-order valence-corrected chi connectivity index (χ4v) is 3.82. The van der Waals surface area contributed by atoms with Crippen LogP contribution in [0.3, 0.4) is 0 Å². The number of thioether (sulfide) groups is 1. The highest BCUT2D eigenvalue weighted by Gasteiger charge is 2.11. The molecule has 0 spiro atoms. The Morgan fingerprint density at radius 1 is 1.39 bits per heavy atom. The zero-order valence-corrected chi connectivity index (χ0v) is 14.9. The third kappa shape index (κ3) is 6.55. The van der Waals surface area contributed by atoms with E-state index >= 15 is 0 Å². The van der Waals surface area contributed by atoms with Crippen molar-refractivity contribution in [1.29, 1.82) is 0 Å². The van der Waals surface area contributed by atoms with Crippen LogP contribution in [0.2, 0.25) is 0 Å². The Labute approximate surface area is 145 Å². The molecule has 7 nitrogen and oxygen atoms in total. The Morgan fingerprint density at radius 3 is 3.00 bits per heavy atom. The minimum atomic E-state index is -0.730. The summed E-state index contributed by atoms with van der Waals surface area (Å²) >= 11 is 4.33. The second-order valence-corrected chi connectivity index (χ2v) is 7.42. The van der Waals surface area contributed by atoms with Crippen molar-refractivity contribution >= 4 is 51.6 Å². The van der Waals surface area contributed by atoms with Gasteiger partial charge in [-0.15, -0.1) is 21.5 Å². The molecule has 2 heterocycles. The maximum Gasteiger partial charge on any atom is 0.413 e. The molecule has 0 saturated heterocycles. The van der Waals surface area contributed by atoms with Crippen molar-refractivity contribution in [3.8, 4) is 0 Å². The standard InChI is InChI=1S/C13H16N4O3S3/c1-2-20-12(19)15-10(18)8-22-13-17-16-11(23-13)14-6-5-9-4-3-7-21-9/h3-4,7H,2,5-6,8H2,1H3,(H,14,16)(H,15,18,19). The van der Waals surface area contributed by atoms with Crippen molar-refractivity contribution in [3.63, 3.8) is 0 Å². The van der Waals surface area contributed by atoms with Crippen LogP contribution in [0.15, 0.2) is 21.9 Å². The maximum atomic E-state index is 11.5. The molecule has 2 N–H and O–H groups in total. The quantitative estimate of drug-likeness (QED) is 0.688. The molecule has 2 amide bonds. The lowest BCUT2D eigenvalue weighted by Crippen LogP contribution is -2.32. The number of hydrogen-bond acceptors (Lipinski definition) is 9. The van der Waals surface area contributed by atoms with E-state index in [0.29, 0.717) is 4.34 Å². The van der Waals surface area contributed by atoms with Crippen LogP contribution in [-0.2, 0) is 16.0 Å². The molecule has 0 aromatic carbocycles. The number of carbonyl (C=O) groups is 2. The predicted molar refractivity (Wildman–Crippen MR) is 92.3 cm³/mol. The number of anilines is 1. The van der Waals surface area contributed by atoms with Gasteiger partial charge in [-0.25, -0.2) is 4.79 Å². The SMILES string of the molecule is CCOC(=O)NC(=O)CSc1nnc(NCCc2cccs2)s1. The number of nitrogens with zero attached hydrogens (tertiary/aromatic N) is 2. The molecular formula is C13H16N4O3S3. The number of rotatable bonds is 8. The number of amides is 2. The fraction of sp³-hybridized carbons (Fsp3) is 0.385. The molecule has 0 atom stereocenters. The summed E-state index contributed by atoms with van der Waals surface area (Å²) < 4.78 is 5.30. The molecule has 0 unspecified atom stereocenters. The lowest BCUT2D eigenvalue weighted by atomic mass is 10.3. The second-order valence-electron chi connectivity index (χ2n) is 4.19. The Hall–Kier alpha value is -1.65. The molecule has 23 heavy (non-hydrogen) atoms. The molecule has 124 valence electrons. The first kappa shape index (κ1) is 17.7. The highest BCUT2D eigenvalue weighted by Crippen LogP contribution is 2.25. The summed E-state index contributed by atoms with van der Waals surface area (Å²) in [6.45, 7) is 2.68. The molecule has 2 rings (SSSR count). The molecule has 0 aliphatic heterocycles. The van der Waals surface area contributed by atoms with Gasteiger partial charge in [0.2, 0.25) is 11.0 Å². The van der Waals surface area contributed by atoms with Crippen molar-refractivity contribution in [2.24, 2.45) is 0 Å². The smallest absolute Gasteiger partial charge is 0.413 e.